The van der Waals surface area contributed by atoms with Gasteiger partial charge in [-0.2, -0.15) is 0 Å². The minimum Gasteiger partial charge on any atom is -0.493 e. The third kappa shape index (κ3) is 5.99. The summed E-state index contributed by atoms with van der Waals surface area (Å²) in [5, 5.41) is 3.47. The molecule has 1 heterocycles. The van der Waals surface area contributed by atoms with Crippen molar-refractivity contribution in [3.8, 4) is 5.75 Å². The van der Waals surface area contributed by atoms with E-state index in [1.807, 2.05) is 29.2 Å². The van der Waals surface area contributed by atoms with Crippen molar-refractivity contribution >= 4 is 23.4 Å². The number of hydrogen-bond acceptors (Lipinski definition) is 3. The summed E-state index contributed by atoms with van der Waals surface area (Å²) >= 11 is 5.90. The van der Waals surface area contributed by atoms with Crippen LogP contribution in [0.2, 0.25) is 5.02 Å². The molecule has 1 aliphatic rings. The van der Waals surface area contributed by atoms with Gasteiger partial charge >= 0.3 is 0 Å². The lowest BCUT2D eigenvalue weighted by Gasteiger charge is -2.26. The second-order valence-corrected chi connectivity index (χ2v) is 7.32. The van der Waals surface area contributed by atoms with Gasteiger partial charge in [-0.3, -0.25) is 9.59 Å². The average Bonchev–Trinajstić information content (AvgIpc) is 2.73. The van der Waals surface area contributed by atoms with E-state index in [2.05, 4.69) is 5.32 Å². The van der Waals surface area contributed by atoms with Crippen LogP contribution in [0.15, 0.2) is 48.5 Å². The molecule has 6 heteroatoms. The molecule has 0 saturated carbocycles. The monoisotopic (exact) mass is 400 g/mol. The number of likely N-dealkylation sites (tertiary alicyclic amines) is 1. The lowest BCUT2D eigenvalue weighted by atomic mass is 10.1. The highest BCUT2D eigenvalue weighted by Gasteiger charge is 2.18. The number of ether oxygens (including phenoxy) is 1. The van der Waals surface area contributed by atoms with Crippen molar-refractivity contribution in [2.75, 3.05) is 19.7 Å². The molecule has 1 N–H and O–H groups in total. The zero-order valence-corrected chi connectivity index (χ0v) is 16.6. The van der Waals surface area contributed by atoms with Gasteiger partial charge in [0.05, 0.1) is 13.0 Å². The Balaban J connectivity index is 1.45. The highest BCUT2D eigenvalue weighted by molar-refractivity contribution is 6.30. The van der Waals surface area contributed by atoms with E-state index in [-0.39, 0.29) is 24.8 Å². The topological polar surface area (TPSA) is 58.6 Å². The second kappa shape index (κ2) is 10.1. The van der Waals surface area contributed by atoms with Crippen LogP contribution < -0.4 is 10.1 Å². The molecule has 0 radical (unpaired) electrons. The van der Waals surface area contributed by atoms with Gasteiger partial charge in [0.2, 0.25) is 5.91 Å². The zero-order chi connectivity index (χ0) is 19.8. The van der Waals surface area contributed by atoms with Gasteiger partial charge in [0, 0.05) is 30.2 Å². The molecule has 1 aliphatic heterocycles. The van der Waals surface area contributed by atoms with Gasteiger partial charge in [-0.05, 0) is 55.2 Å². The summed E-state index contributed by atoms with van der Waals surface area (Å²) in [6.07, 6.45) is 3.58. The predicted octanol–water partition coefficient (Wildman–Crippen LogP) is 4.05. The molecule has 148 valence electrons. The number of piperidine rings is 1. The number of carbonyl (C=O) groups is 2. The van der Waals surface area contributed by atoms with Crippen molar-refractivity contribution in [3.63, 3.8) is 0 Å². The van der Waals surface area contributed by atoms with Gasteiger partial charge in [0.1, 0.15) is 5.75 Å². The van der Waals surface area contributed by atoms with E-state index < -0.39 is 0 Å². The Morgan fingerprint density at radius 2 is 1.82 bits per heavy atom. The lowest BCUT2D eigenvalue weighted by Crippen LogP contribution is -2.35. The molecule has 0 atom stereocenters. The molecular weight excluding hydrogens is 376 g/mol. The normalized spacial score (nSPS) is 13.8. The molecule has 2 aromatic rings. The first-order chi connectivity index (χ1) is 13.6. The minimum atomic E-state index is -0.102. The number of halogens is 1. The fourth-order valence-corrected chi connectivity index (χ4v) is 3.38. The predicted molar refractivity (Wildman–Crippen MR) is 110 cm³/mol. The summed E-state index contributed by atoms with van der Waals surface area (Å²) in [7, 11) is 0. The number of benzene rings is 2. The quantitative estimate of drug-likeness (QED) is 0.762. The molecule has 3 rings (SSSR count). The van der Waals surface area contributed by atoms with Crippen molar-refractivity contribution in [1.82, 2.24) is 10.2 Å². The maximum Gasteiger partial charge on any atom is 0.253 e. The van der Waals surface area contributed by atoms with Crippen molar-refractivity contribution in [2.45, 2.75) is 32.2 Å². The molecule has 2 aromatic carbocycles. The Kier molecular flexibility index (Phi) is 7.31. The van der Waals surface area contributed by atoms with Crippen LogP contribution in [-0.4, -0.2) is 36.4 Å². The molecule has 0 bridgehead atoms. The van der Waals surface area contributed by atoms with Crippen molar-refractivity contribution in [1.29, 1.82) is 0 Å². The number of nitrogens with one attached hydrogen (secondary N) is 1. The van der Waals surface area contributed by atoms with Crippen molar-refractivity contribution in [3.05, 3.63) is 64.7 Å². The van der Waals surface area contributed by atoms with Gasteiger partial charge in [-0.1, -0.05) is 29.8 Å². The van der Waals surface area contributed by atoms with Gasteiger partial charge < -0.3 is 15.0 Å². The Hall–Kier alpha value is -2.53. The van der Waals surface area contributed by atoms with Crippen LogP contribution in [-0.2, 0) is 11.3 Å². The van der Waals surface area contributed by atoms with Gasteiger partial charge in [-0.15, -0.1) is 0 Å². The van der Waals surface area contributed by atoms with Crippen LogP contribution in [0.1, 0.15) is 41.6 Å². The van der Waals surface area contributed by atoms with Crippen LogP contribution in [0.5, 0.6) is 5.75 Å². The van der Waals surface area contributed by atoms with Crippen molar-refractivity contribution in [2.24, 2.45) is 0 Å². The highest BCUT2D eigenvalue weighted by Crippen LogP contribution is 2.17. The van der Waals surface area contributed by atoms with Crippen LogP contribution in [0.3, 0.4) is 0 Å². The van der Waals surface area contributed by atoms with Crippen LogP contribution in [0, 0.1) is 0 Å². The Labute approximate surface area is 170 Å². The summed E-state index contributed by atoms with van der Waals surface area (Å²) in [6, 6.07) is 14.6. The smallest absolute Gasteiger partial charge is 0.253 e. The van der Waals surface area contributed by atoms with Crippen LogP contribution >= 0.6 is 11.6 Å². The molecule has 0 aromatic heterocycles. The number of amides is 2. The summed E-state index contributed by atoms with van der Waals surface area (Å²) in [5.41, 5.74) is 1.59. The van der Waals surface area contributed by atoms with Crippen LogP contribution in [0.4, 0.5) is 0 Å². The number of carbonyl (C=O) groups excluding carboxylic acids is 2. The van der Waals surface area contributed by atoms with Gasteiger partial charge in [-0.25, -0.2) is 0 Å². The van der Waals surface area contributed by atoms with E-state index in [0.29, 0.717) is 22.9 Å². The number of nitrogens with zero attached hydrogens (tertiary/aromatic N) is 1. The third-order valence-electron chi connectivity index (χ3n) is 4.70. The fraction of sp³-hybridized carbons (Fsp3) is 0.364. The molecule has 0 unspecified atom stereocenters. The van der Waals surface area contributed by atoms with E-state index in [4.69, 9.17) is 16.3 Å². The lowest BCUT2D eigenvalue weighted by molar-refractivity contribution is -0.121. The van der Waals surface area contributed by atoms with E-state index in [1.165, 1.54) is 6.42 Å². The van der Waals surface area contributed by atoms with E-state index in [0.717, 1.165) is 31.5 Å². The largest absolute Gasteiger partial charge is 0.493 e. The Morgan fingerprint density at radius 3 is 2.61 bits per heavy atom. The first-order valence-electron chi connectivity index (χ1n) is 9.65. The molecule has 1 fully saturated rings. The molecule has 28 heavy (non-hydrogen) atoms. The van der Waals surface area contributed by atoms with Gasteiger partial charge in [0.25, 0.3) is 5.91 Å². The van der Waals surface area contributed by atoms with E-state index in [9.17, 15) is 9.59 Å². The van der Waals surface area contributed by atoms with Crippen LogP contribution in [0.25, 0.3) is 0 Å². The molecule has 0 aliphatic carbocycles. The highest BCUT2D eigenvalue weighted by atomic mass is 35.5. The Bertz CT molecular complexity index is 819. The summed E-state index contributed by atoms with van der Waals surface area (Å²) in [4.78, 5) is 26.6. The minimum absolute atomic E-state index is 0.0720. The molecule has 5 nitrogen and oxygen atoms in total. The van der Waals surface area contributed by atoms with E-state index >= 15 is 0 Å². The standard InChI is InChI=1S/C22H25ClN2O3/c23-19-8-5-9-20(15-19)28-13-10-21(26)24-16-17-6-4-7-18(14-17)22(27)25-11-2-1-3-12-25/h4-9,14-15H,1-3,10-13,16H2,(H,24,26). The first kappa shape index (κ1) is 20.2. The van der Waals surface area contributed by atoms with Crippen molar-refractivity contribution < 1.29 is 14.3 Å². The zero-order valence-electron chi connectivity index (χ0n) is 15.8. The third-order valence-corrected chi connectivity index (χ3v) is 4.94. The summed E-state index contributed by atoms with van der Waals surface area (Å²) in [6.45, 7) is 2.32. The second-order valence-electron chi connectivity index (χ2n) is 6.89. The Morgan fingerprint density at radius 1 is 1.04 bits per heavy atom. The van der Waals surface area contributed by atoms with E-state index in [1.54, 1.807) is 24.3 Å². The maximum absolute atomic E-state index is 12.6. The summed E-state index contributed by atoms with van der Waals surface area (Å²) < 4.78 is 5.53. The molecule has 2 amide bonds. The summed E-state index contributed by atoms with van der Waals surface area (Å²) in [5.74, 6) is 0.613. The SMILES string of the molecule is O=C(CCOc1cccc(Cl)c1)NCc1cccc(C(=O)N2CCCCC2)c1. The maximum atomic E-state index is 12.6. The number of rotatable bonds is 7. The molecule has 1 saturated heterocycles. The first-order valence-corrected chi connectivity index (χ1v) is 10.0. The van der Waals surface area contributed by atoms with Gasteiger partial charge in [0.15, 0.2) is 0 Å². The average molecular weight is 401 g/mol. The molecule has 0 spiro atoms. The fourth-order valence-electron chi connectivity index (χ4n) is 3.20. The number of hydrogen-bond donors (Lipinski definition) is 1. The molecular formula is C22H25ClN2O3.